The third kappa shape index (κ3) is 3.57. The van der Waals surface area contributed by atoms with Crippen LogP contribution in [0.4, 0.5) is 4.79 Å². The van der Waals surface area contributed by atoms with Gasteiger partial charge in [0.2, 0.25) is 0 Å². The Morgan fingerprint density at radius 2 is 2.30 bits per heavy atom. The molecule has 2 N–H and O–H groups in total. The third-order valence-corrected chi connectivity index (χ3v) is 3.21. The van der Waals surface area contributed by atoms with E-state index < -0.39 is 5.97 Å². The second kappa shape index (κ2) is 6.18. The molecule has 0 fully saturated rings. The van der Waals surface area contributed by atoms with E-state index in [0.29, 0.717) is 18.8 Å². The van der Waals surface area contributed by atoms with Gasteiger partial charge in [0.1, 0.15) is 0 Å². The minimum atomic E-state index is -1.00. The average molecular weight is 275 g/mol. The molecule has 0 unspecified atom stereocenters. The number of hydrogen-bond donors (Lipinski definition) is 2. The van der Waals surface area contributed by atoms with Crippen LogP contribution in [0.1, 0.15) is 29.4 Å². The minimum absolute atomic E-state index is 0.156. The van der Waals surface area contributed by atoms with Crippen LogP contribution < -0.4 is 5.32 Å². The van der Waals surface area contributed by atoms with Crippen molar-refractivity contribution in [2.45, 2.75) is 19.9 Å². The molecule has 6 heteroatoms. The van der Waals surface area contributed by atoms with E-state index in [1.54, 1.807) is 4.90 Å². The van der Waals surface area contributed by atoms with Crippen LogP contribution in [0.3, 0.4) is 0 Å². The molecule has 1 aromatic heterocycles. The van der Waals surface area contributed by atoms with Crippen LogP contribution in [0.15, 0.2) is 30.0 Å². The zero-order valence-corrected chi connectivity index (χ0v) is 11.3. The fraction of sp³-hybridized carbons (Fsp3) is 0.357. The Balaban J connectivity index is 1.90. The number of nitrogens with zero attached hydrogens (tertiary/aromatic N) is 2. The molecular weight excluding hydrogens is 258 g/mol. The van der Waals surface area contributed by atoms with Gasteiger partial charge in [0.15, 0.2) is 0 Å². The number of carbonyl (C=O) groups is 2. The molecule has 1 aromatic rings. The molecule has 2 rings (SSSR count). The van der Waals surface area contributed by atoms with Crippen molar-refractivity contribution in [2.75, 3.05) is 13.1 Å². The summed E-state index contributed by atoms with van der Waals surface area (Å²) in [5, 5.41) is 11.6. The van der Waals surface area contributed by atoms with E-state index in [2.05, 4.69) is 17.2 Å². The summed E-state index contributed by atoms with van der Waals surface area (Å²) in [7, 11) is 0. The smallest absolute Gasteiger partial charge is 0.335 e. The lowest BCUT2D eigenvalue weighted by Crippen LogP contribution is -2.41. The van der Waals surface area contributed by atoms with E-state index in [-0.39, 0.29) is 18.1 Å². The summed E-state index contributed by atoms with van der Waals surface area (Å²) >= 11 is 0. The normalized spacial score (nSPS) is 14.7. The monoisotopic (exact) mass is 275 g/mol. The van der Waals surface area contributed by atoms with Gasteiger partial charge in [-0.2, -0.15) is 0 Å². The molecule has 1 aliphatic heterocycles. The zero-order chi connectivity index (χ0) is 14.5. The van der Waals surface area contributed by atoms with Gasteiger partial charge in [0.05, 0.1) is 17.8 Å². The van der Waals surface area contributed by atoms with Crippen molar-refractivity contribution in [3.63, 3.8) is 0 Å². The largest absolute Gasteiger partial charge is 0.478 e. The van der Waals surface area contributed by atoms with Crippen LogP contribution in [0.5, 0.6) is 0 Å². The van der Waals surface area contributed by atoms with Crippen molar-refractivity contribution in [2.24, 2.45) is 0 Å². The van der Waals surface area contributed by atoms with Crippen molar-refractivity contribution in [3.05, 3.63) is 41.2 Å². The summed E-state index contributed by atoms with van der Waals surface area (Å²) in [5.74, 6) is -1.00. The highest BCUT2D eigenvalue weighted by Crippen LogP contribution is 2.09. The molecular formula is C14H17N3O3. The van der Waals surface area contributed by atoms with Crippen molar-refractivity contribution in [3.8, 4) is 0 Å². The molecule has 2 heterocycles. The fourth-order valence-corrected chi connectivity index (χ4v) is 1.94. The highest BCUT2D eigenvalue weighted by atomic mass is 16.4. The molecule has 0 saturated carbocycles. The third-order valence-electron chi connectivity index (χ3n) is 3.21. The Labute approximate surface area is 117 Å². The molecule has 106 valence electrons. The second-order valence-corrected chi connectivity index (χ2v) is 4.75. The molecule has 1 aliphatic rings. The Morgan fingerprint density at radius 1 is 1.50 bits per heavy atom. The van der Waals surface area contributed by atoms with Crippen LogP contribution in [0.2, 0.25) is 0 Å². The molecule has 0 radical (unpaired) electrons. The molecule has 0 bridgehead atoms. The standard InChI is InChI=1S/C14H17N3O3/c1-10-3-6-17(7-4-10)14(20)16-9-12-8-11(13(18)19)2-5-15-12/h2-3,5,8H,4,6-7,9H2,1H3,(H,16,20)(H,18,19). The highest BCUT2D eigenvalue weighted by molar-refractivity contribution is 5.87. The van der Waals surface area contributed by atoms with Crippen molar-refractivity contribution < 1.29 is 14.7 Å². The van der Waals surface area contributed by atoms with E-state index in [0.717, 1.165) is 6.42 Å². The number of carboxylic acid groups (broad SMARTS) is 1. The summed E-state index contributed by atoms with van der Waals surface area (Å²) in [6, 6.07) is 2.73. The molecule has 20 heavy (non-hydrogen) atoms. The Kier molecular flexibility index (Phi) is 4.34. The van der Waals surface area contributed by atoms with Gasteiger partial charge in [-0.1, -0.05) is 11.6 Å². The quantitative estimate of drug-likeness (QED) is 0.821. The van der Waals surface area contributed by atoms with E-state index in [9.17, 15) is 9.59 Å². The number of urea groups is 1. The van der Waals surface area contributed by atoms with Crippen LogP contribution in [0, 0.1) is 0 Å². The van der Waals surface area contributed by atoms with Crippen molar-refractivity contribution >= 4 is 12.0 Å². The van der Waals surface area contributed by atoms with Crippen LogP contribution in [-0.4, -0.2) is 40.1 Å². The number of aromatic nitrogens is 1. The van der Waals surface area contributed by atoms with E-state index in [1.807, 2.05) is 6.08 Å². The topological polar surface area (TPSA) is 82.5 Å². The molecule has 0 aliphatic carbocycles. The lowest BCUT2D eigenvalue weighted by atomic mass is 10.1. The highest BCUT2D eigenvalue weighted by Gasteiger charge is 2.15. The average Bonchev–Trinajstić information content (AvgIpc) is 2.46. The summed E-state index contributed by atoms with van der Waals surface area (Å²) in [5.41, 5.74) is 1.99. The number of carbonyl (C=O) groups excluding carboxylic acids is 1. The maximum atomic E-state index is 11.9. The fourth-order valence-electron chi connectivity index (χ4n) is 1.94. The predicted octanol–water partition coefficient (Wildman–Crippen LogP) is 1.64. The lowest BCUT2D eigenvalue weighted by molar-refractivity contribution is 0.0696. The van der Waals surface area contributed by atoms with Crippen LogP contribution >= 0.6 is 0 Å². The van der Waals surface area contributed by atoms with Crippen molar-refractivity contribution in [1.82, 2.24) is 15.2 Å². The first-order valence-electron chi connectivity index (χ1n) is 6.43. The summed E-state index contributed by atoms with van der Waals surface area (Å²) in [6.07, 6.45) is 4.35. The summed E-state index contributed by atoms with van der Waals surface area (Å²) in [4.78, 5) is 28.5. The number of hydrogen-bond acceptors (Lipinski definition) is 3. The number of pyridine rings is 1. The Bertz CT molecular complexity index is 554. The van der Waals surface area contributed by atoms with Gasteiger partial charge in [-0.15, -0.1) is 0 Å². The number of rotatable bonds is 3. The van der Waals surface area contributed by atoms with Gasteiger partial charge in [0.25, 0.3) is 0 Å². The van der Waals surface area contributed by atoms with Gasteiger partial charge in [-0.3, -0.25) is 4.98 Å². The van der Waals surface area contributed by atoms with E-state index >= 15 is 0 Å². The molecule has 2 amide bonds. The van der Waals surface area contributed by atoms with Crippen LogP contribution in [-0.2, 0) is 6.54 Å². The van der Waals surface area contributed by atoms with Crippen LogP contribution in [0.25, 0.3) is 0 Å². The minimum Gasteiger partial charge on any atom is -0.478 e. The molecule has 0 atom stereocenters. The van der Waals surface area contributed by atoms with Gasteiger partial charge < -0.3 is 15.3 Å². The molecule has 6 nitrogen and oxygen atoms in total. The first-order chi connectivity index (χ1) is 9.56. The SMILES string of the molecule is CC1=CCN(C(=O)NCc2cc(C(=O)O)ccn2)CC1. The number of aromatic carboxylic acids is 1. The van der Waals surface area contributed by atoms with Gasteiger partial charge in [0, 0.05) is 19.3 Å². The first kappa shape index (κ1) is 14.0. The molecule has 0 aromatic carbocycles. The van der Waals surface area contributed by atoms with Gasteiger partial charge >= 0.3 is 12.0 Å². The van der Waals surface area contributed by atoms with Gasteiger partial charge in [-0.25, -0.2) is 9.59 Å². The Morgan fingerprint density at radius 3 is 2.95 bits per heavy atom. The van der Waals surface area contributed by atoms with Gasteiger partial charge in [-0.05, 0) is 25.5 Å². The Hall–Kier alpha value is -2.37. The maximum Gasteiger partial charge on any atom is 0.335 e. The number of carboxylic acids is 1. The molecule has 0 spiro atoms. The second-order valence-electron chi connectivity index (χ2n) is 4.75. The summed E-state index contributed by atoms with van der Waals surface area (Å²) in [6.45, 7) is 3.59. The van der Waals surface area contributed by atoms with E-state index in [4.69, 9.17) is 5.11 Å². The molecule has 0 saturated heterocycles. The number of nitrogens with one attached hydrogen (secondary N) is 1. The summed E-state index contributed by atoms with van der Waals surface area (Å²) < 4.78 is 0. The lowest BCUT2D eigenvalue weighted by Gasteiger charge is -2.25. The number of amides is 2. The zero-order valence-electron chi connectivity index (χ0n) is 11.3. The first-order valence-corrected chi connectivity index (χ1v) is 6.43. The van der Waals surface area contributed by atoms with Crippen molar-refractivity contribution in [1.29, 1.82) is 0 Å². The maximum absolute atomic E-state index is 11.9. The van der Waals surface area contributed by atoms with E-state index in [1.165, 1.54) is 23.9 Å². The predicted molar refractivity (Wildman–Crippen MR) is 73.4 cm³/mol.